The molecule has 0 saturated heterocycles. The van der Waals surface area contributed by atoms with Crippen molar-refractivity contribution in [2.75, 3.05) is 0 Å². The van der Waals surface area contributed by atoms with Crippen LogP contribution in [0.1, 0.15) is 43.5 Å². The monoisotopic (exact) mass is 289 g/mol. The van der Waals surface area contributed by atoms with Crippen LogP contribution in [0.2, 0.25) is 0 Å². The topological polar surface area (TPSA) is 39.2 Å². The zero-order valence-corrected chi connectivity index (χ0v) is 12.9. The predicted octanol–water partition coefficient (Wildman–Crippen LogP) is 4.26. The van der Waals surface area contributed by atoms with Crippen molar-refractivity contribution in [3.63, 3.8) is 0 Å². The SMILES string of the molecule is CCCCc1cc(F)c2nc(C)c(C)c(OC(C)=O)c2c1. The van der Waals surface area contributed by atoms with Gasteiger partial charge in [-0.05, 0) is 44.4 Å². The molecule has 0 bridgehead atoms. The highest BCUT2D eigenvalue weighted by molar-refractivity contribution is 5.90. The van der Waals surface area contributed by atoms with Gasteiger partial charge in [0.1, 0.15) is 17.1 Å². The van der Waals surface area contributed by atoms with Crippen LogP contribution in [0.3, 0.4) is 0 Å². The number of hydrogen-bond donors (Lipinski definition) is 0. The second-order valence-electron chi connectivity index (χ2n) is 5.32. The Labute approximate surface area is 124 Å². The molecule has 0 aliphatic rings. The molecule has 0 unspecified atom stereocenters. The van der Waals surface area contributed by atoms with Gasteiger partial charge in [0.05, 0.1) is 0 Å². The van der Waals surface area contributed by atoms with E-state index in [1.54, 1.807) is 6.92 Å². The van der Waals surface area contributed by atoms with Gasteiger partial charge in [0.25, 0.3) is 0 Å². The molecule has 0 saturated carbocycles. The van der Waals surface area contributed by atoms with Gasteiger partial charge in [-0.25, -0.2) is 9.37 Å². The van der Waals surface area contributed by atoms with Crippen molar-refractivity contribution < 1.29 is 13.9 Å². The third-order valence-corrected chi connectivity index (χ3v) is 3.60. The van der Waals surface area contributed by atoms with Gasteiger partial charge in [0.15, 0.2) is 0 Å². The van der Waals surface area contributed by atoms with Crippen LogP contribution in [0.4, 0.5) is 4.39 Å². The van der Waals surface area contributed by atoms with Crippen molar-refractivity contribution in [1.82, 2.24) is 4.98 Å². The predicted molar refractivity (Wildman–Crippen MR) is 81.1 cm³/mol. The number of esters is 1. The molecule has 2 rings (SSSR count). The molecule has 0 radical (unpaired) electrons. The van der Waals surface area contributed by atoms with E-state index in [2.05, 4.69) is 11.9 Å². The standard InChI is InChI=1S/C17H20FNO2/c1-5-6-7-13-8-14-16(15(18)9-13)19-11(3)10(2)17(14)21-12(4)20/h8-9H,5-7H2,1-4H3. The number of carbonyl (C=O) groups is 1. The van der Waals surface area contributed by atoms with Gasteiger partial charge in [-0.1, -0.05) is 13.3 Å². The maximum atomic E-state index is 14.3. The minimum absolute atomic E-state index is 0.259. The Morgan fingerprint density at radius 3 is 2.67 bits per heavy atom. The number of benzene rings is 1. The fourth-order valence-electron chi connectivity index (χ4n) is 2.36. The van der Waals surface area contributed by atoms with Crippen molar-refractivity contribution >= 4 is 16.9 Å². The maximum absolute atomic E-state index is 14.3. The largest absolute Gasteiger partial charge is 0.426 e. The molecule has 3 nitrogen and oxygen atoms in total. The Hall–Kier alpha value is -1.97. The summed E-state index contributed by atoms with van der Waals surface area (Å²) in [4.78, 5) is 15.6. The van der Waals surface area contributed by atoms with Crippen molar-refractivity contribution in [2.45, 2.75) is 47.0 Å². The lowest BCUT2D eigenvalue weighted by atomic mass is 10.0. The summed E-state index contributed by atoms with van der Waals surface area (Å²) in [6, 6.07) is 3.41. The molecule has 1 heterocycles. The lowest BCUT2D eigenvalue weighted by Crippen LogP contribution is -2.06. The van der Waals surface area contributed by atoms with Crippen LogP contribution in [0, 0.1) is 19.7 Å². The van der Waals surface area contributed by atoms with E-state index in [4.69, 9.17) is 4.74 Å². The lowest BCUT2D eigenvalue weighted by molar-refractivity contribution is -0.131. The van der Waals surface area contributed by atoms with E-state index in [0.29, 0.717) is 16.8 Å². The van der Waals surface area contributed by atoms with Crippen LogP contribution in [0.15, 0.2) is 12.1 Å². The van der Waals surface area contributed by atoms with Crippen molar-refractivity contribution in [1.29, 1.82) is 0 Å². The molecule has 0 amide bonds. The minimum atomic E-state index is -0.413. The molecular weight excluding hydrogens is 269 g/mol. The third kappa shape index (κ3) is 3.20. The number of aryl methyl sites for hydroxylation is 2. The van der Waals surface area contributed by atoms with Crippen LogP contribution in [0.25, 0.3) is 10.9 Å². The van der Waals surface area contributed by atoms with Gasteiger partial charge >= 0.3 is 5.97 Å². The average molecular weight is 289 g/mol. The summed E-state index contributed by atoms with van der Waals surface area (Å²) in [5, 5.41) is 0.569. The van der Waals surface area contributed by atoms with Gasteiger partial charge in [-0.2, -0.15) is 0 Å². The summed E-state index contributed by atoms with van der Waals surface area (Å²) < 4.78 is 19.6. The summed E-state index contributed by atoms with van der Waals surface area (Å²) in [6.07, 6.45) is 2.84. The third-order valence-electron chi connectivity index (χ3n) is 3.60. The van der Waals surface area contributed by atoms with Crippen molar-refractivity contribution in [2.24, 2.45) is 0 Å². The Bertz CT molecular complexity index is 695. The smallest absolute Gasteiger partial charge is 0.308 e. The highest BCUT2D eigenvalue weighted by Crippen LogP contribution is 2.33. The normalized spacial score (nSPS) is 10.9. The number of unbranched alkanes of at least 4 members (excludes halogenated alkanes) is 1. The number of pyridine rings is 1. The van der Waals surface area contributed by atoms with Crippen LogP contribution < -0.4 is 4.74 Å². The van der Waals surface area contributed by atoms with Gasteiger partial charge in [0, 0.05) is 23.6 Å². The molecule has 4 heteroatoms. The molecule has 1 aromatic carbocycles. The molecule has 0 spiro atoms. The first kappa shape index (κ1) is 15.4. The quantitative estimate of drug-likeness (QED) is 0.789. The molecule has 0 fully saturated rings. The Morgan fingerprint density at radius 1 is 1.33 bits per heavy atom. The number of ether oxygens (including phenoxy) is 1. The zero-order valence-electron chi connectivity index (χ0n) is 12.9. The number of hydrogen-bond acceptors (Lipinski definition) is 3. The number of carbonyl (C=O) groups excluding carboxylic acids is 1. The molecule has 0 atom stereocenters. The van der Waals surface area contributed by atoms with E-state index in [-0.39, 0.29) is 11.3 Å². The summed E-state index contributed by atoms with van der Waals surface area (Å²) in [5.74, 6) is -0.360. The first-order valence-electron chi connectivity index (χ1n) is 7.21. The molecule has 1 aromatic heterocycles. The molecule has 2 aromatic rings. The van der Waals surface area contributed by atoms with E-state index in [0.717, 1.165) is 30.4 Å². The summed E-state index contributed by atoms with van der Waals surface area (Å²) in [6.45, 7) is 7.05. The number of halogens is 1. The van der Waals surface area contributed by atoms with Gasteiger partial charge < -0.3 is 4.74 Å². The first-order chi connectivity index (χ1) is 9.93. The Morgan fingerprint density at radius 2 is 2.05 bits per heavy atom. The summed E-state index contributed by atoms with van der Waals surface area (Å²) in [7, 11) is 0. The van der Waals surface area contributed by atoms with E-state index in [9.17, 15) is 9.18 Å². The van der Waals surface area contributed by atoms with Crippen molar-refractivity contribution in [3.8, 4) is 5.75 Å². The first-order valence-corrected chi connectivity index (χ1v) is 7.21. The van der Waals surface area contributed by atoms with Crippen LogP contribution in [-0.2, 0) is 11.2 Å². The Kier molecular flexibility index (Phi) is 4.56. The second-order valence-corrected chi connectivity index (χ2v) is 5.32. The molecule has 21 heavy (non-hydrogen) atoms. The lowest BCUT2D eigenvalue weighted by Gasteiger charge is -2.13. The highest BCUT2D eigenvalue weighted by Gasteiger charge is 2.16. The average Bonchev–Trinajstić information content (AvgIpc) is 2.42. The van der Waals surface area contributed by atoms with Crippen LogP contribution in [0.5, 0.6) is 5.75 Å². The second kappa shape index (κ2) is 6.20. The number of fused-ring (bicyclic) bond motifs is 1. The van der Waals surface area contributed by atoms with E-state index in [1.807, 2.05) is 13.0 Å². The zero-order chi connectivity index (χ0) is 15.6. The summed E-state index contributed by atoms with van der Waals surface area (Å²) in [5.41, 5.74) is 2.60. The fourth-order valence-corrected chi connectivity index (χ4v) is 2.36. The van der Waals surface area contributed by atoms with Gasteiger partial charge in [0.2, 0.25) is 0 Å². The highest BCUT2D eigenvalue weighted by atomic mass is 19.1. The van der Waals surface area contributed by atoms with E-state index < -0.39 is 5.97 Å². The minimum Gasteiger partial charge on any atom is -0.426 e. The van der Waals surface area contributed by atoms with E-state index >= 15 is 0 Å². The van der Waals surface area contributed by atoms with Gasteiger partial charge in [-0.3, -0.25) is 4.79 Å². The number of nitrogens with zero attached hydrogens (tertiary/aromatic N) is 1. The van der Waals surface area contributed by atoms with Gasteiger partial charge in [-0.15, -0.1) is 0 Å². The van der Waals surface area contributed by atoms with Crippen LogP contribution in [-0.4, -0.2) is 11.0 Å². The number of aromatic nitrogens is 1. The molecule has 0 N–H and O–H groups in total. The molecule has 112 valence electrons. The maximum Gasteiger partial charge on any atom is 0.308 e. The summed E-state index contributed by atoms with van der Waals surface area (Å²) >= 11 is 0. The number of rotatable bonds is 4. The molecule has 0 aliphatic carbocycles. The van der Waals surface area contributed by atoms with Crippen molar-refractivity contribution in [3.05, 3.63) is 34.8 Å². The van der Waals surface area contributed by atoms with E-state index in [1.165, 1.54) is 13.0 Å². The fraction of sp³-hybridized carbons (Fsp3) is 0.412. The molecule has 0 aliphatic heterocycles. The molecular formula is C17H20FNO2. The van der Waals surface area contributed by atoms with Crippen LogP contribution >= 0.6 is 0 Å². The Balaban J connectivity index is 2.68.